The smallest absolute Gasteiger partial charge is 0.148 e. The summed E-state index contributed by atoms with van der Waals surface area (Å²) in [5, 5.41) is 1.01. The molecule has 7 heteroatoms. The van der Waals surface area contributed by atoms with E-state index in [9.17, 15) is 4.21 Å². The lowest BCUT2D eigenvalue weighted by molar-refractivity contribution is 0.307. The van der Waals surface area contributed by atoms with Crippen molar-refractivity contribution in [3.63, 3.8) is 0 Å². The molecule has 4 aromatic rings. The van der Waals surface area contributed by atoms with Crippen LogP contribution in [0.3, 0.4) is 0 Å². The molecule has 0 aliphatic heterocycles. The van der Waals surface area contributed by atoms with Gasteiger partial charge in [0.2, 0.25) is 0 Å². The first-order chi connectivity index (χ1) is 14.6. The van der Waals surface area contributed by atoms with Crippen LogP contribution in [-0.2, 0) is 17.4 Å². The molecule has 4 rings (SSSR count). The highest BCUT2D eigenvalue weighted by Crippen LogP contribution is 2.37. The molecule has 0 saturated heterocycles. The molecule has 0 fully saturated rings. The Balaban J connectivity index is 1.74. The number of hydrogen-bond acceptors (Lipinski definition) is 5. The van der Waals surface area contributed by atoms with Crippen molar-refractivity contribution in [1.29, 1.82) is 0 Å². The fourth-order valence-electron chi connectivity index (χ4n) is 3.20. The van der Waals surface area contributed by atoms with Gasteiger partial charge in [0.25, 0.3) is 0 Å². The summed E-state index contributed by atoms with van der Waals surface area (Å²) in [6.45, 7) is 0.374. The molecule has 0 saturated carbocycles. The second-order valence-corrected chi connectivity index (χ2v) is 9.87. The SMILES string of the molecule is CS/C(=C\c1cccc(-c2ccoc2)c1OCc1cc(Br)c2occc2c1)S(C)=O. The quantitative estimate of drug-likeness (QED) is 0.270. The number of fused-ring (bicyclic) bond motifs is 1. The number of hydrogen-bond donors (Lipinski definition) is 0. The summed E-state index contributed by atoms with van der Waals surface area (Å²) in [4.78, 5) is 0. The normalized spacial score (nSPS) is 13.0. The molecule has 4 nitrogen and oxygen atoms in total. The van der Waals surface area contributed by atoms with Crippen molar-refractivity contribution in [2.45, 2.75) is 6.61 Å². The topological polar surface area (TPSA) is 52.6 Å². The van der Waals surface area contributed by atoms with Crippen molar-refractivity contribution >= 4 is 55.5 Å². The van der Waals surface area contributed by atoms with Crippen LogP contribution in [0.4, 0.5) is 0 Å². The Morgan fingerprint density at radius 3 is 2.83 bits per heavy atom. The average molecular weight is 503 g/mol. The van der Waals surface area contributed by atoms with Crippen LogP contribution >= 0.6 is 27.7 Å². The first kappa shape index (κ1) is 21.0. The van der Waals surface area contributed by atoms with Gasteiger partial charge in [-0.1, -0.05) is 18.2 Å². The zero-order chi connectivity index (χ0) is 21.1. The Morgan fingerprint density at radius 1 is 1.23 bits per heavy atom. The van der Waals surface area contributed by atoms with Gasteiger partial charge in [0.05, 0.1) is 38.3 Å². The molecule has 0 amide bonds. The molecule has 0 spiro atoms. The third kappa shape index (κ3) is 4.43. The molecule has 0 radical (unpaired) electrons. The fourth-order valence-corrected chi connectivity index (χ4v) is 5.29. The summed E-state index contributed by atoms with van der Waals surface area (Å²) in [6, 6.07) is 13.8. The zero-order valence-corrected chi connectivity index (χ0v) is 19.6. The van der Waals surface area contributed by atoms with Gasteiger partial charge in [-0.15, -0.1) is 11.8 Å². The van der Waals surface area contributed by atoms with Gasteiger partial charge in [0, 0.05) is 28.3 Å². The molecule has 0 bridgehead atoms. The van der Waals surface area contributed by atoms with Gasteiger partial charge in [-0.25, -0.2) is 0 Å². The lowest BCUT2D eigenvalue weighted by atomic mass is 10.0. The minimum Gasteiger partial charge on any atom is -0.488 e. The maximum Gasteiger partial charge on any atom is 0.148 e. The highest BCUT2D eigenvalue weighted by atomic mass is 79.9. The summed E-state index contributed by atoms with van der Waals surface area (Å²) in [6.07, 6.45) is 10.5. The molecule has 2 aromatic carbocycles. The van der Waals surface area contributed by atoms with Gasteiger partial charge in [0.1, 0.15) is 17.9 Å². The van der Waals surface area contributed by atoms with Crippen LogP contribution in [0.2, 0.25) is 0 Å². The Labute approximate surface area is 189 Å². The Kier molecular flexibility index (Phi) is 6.51. The van der Waals surface area contributed by atoms with Gasteiger partial charge in [-0.3, -0.25) is 4.21 Å². The molecule has 2 aromatic heterocycles. The van der Waals surface area contributed by atoms with Gasteiger partial charge >= 0.3 is 0 Å². The van der Waals surface area contributed by atoms with Crippen molar-refractivity contribution in [1.82, 2.24) is 0 Å². The van der Waals surface area contributed by atoms with E-state index in [1.54, 1.807) is 25.0 Å². The minimum atomic E-state index is -1.08. The molecule has 1 atom stereocenters. The number of thioether (sulfide) groups is 1. The van der Waals surface area contributed by atoms with Crippen molar-refractivity contribution in [3.8, 4) is 16.9 Å². The van der Waals surface area contributed by atoms with Gasteiger partial charge in [0.15, 0.2) is 0 Å². The van der Waals surface area contributed by atoms with Crippen molar-refractivity contribution in [2.75, 3.05) is 12.5 Å². The molecule has 1 unspecified atom stereocenters. The molecule has 154 valence electrons. The third-order valence-electron chi connectivity index (χ3n) is 4.58. The lowest BCUT2D eigenvalue weighted by Crippen LogP contribution is -2.00. The zero-order valence-electron chi connectivity index (χ0n) is 16.4. The molecule has 30 heavy (non-hydrogen) atoms. The predicted molar refractivity (Wildman–Crippen MR) is 128 cm³/mol. The van der Waals surface area contributed by atoms with Crippen LogP contribution in [0.5, 0.6) is 5.75 Å². The molecular weight excluding hydrogens is 484 g/mol. The molecule has 0 N–H and O–H groups in total. The summed E-state index contributed by atoms with van der Waals surface area (Å²) < 4.78 is 30.9. The monoisotopic (exact) mass is 502 g/mol. The predicted octanol–water partition coefficient (Wildman–Crippen LogP) is 7.07. The van der Waals surface area contributed by atoms with E-state index in [0.29, 0.717) is 6.61 Å². The van der Waals surface area contributed by atoms with Crippen molar-refractivity contribution in [3.05, 3.63) is 81.1 Å². The fraction of sp³-hybridized carbons (Fsp3) is 0.130. The average Bonchev–Trinajstić information content (AvgIpc) is 3.42. The van der Waals surface area contributed by atoms with Crippen molar-refractivity contribution in [2.24, 2.45) is 0 Å². The van der Waals surface area contributed by atoms with E-state index in [1.165, 1.54) is 11.8 Å². The van der Waals surface area contributed by atoms with E-state index in [1.807, 2.05) is 54.8 Å². The van der Waals surface area contributed by atoms with E-state index in [-0.39, 0.29) is 0 Å². The number of benzene rings is 2. The first-order valence-corrected chi connectivity index (χ1v) is 12.7. The summed E-state index contributed by atoms with van der Waals surface area (Å²) in [5.41, 5.74) is 4.54. The number of rotatable bonds is 7. The van der Waals surface area contributed by atoms with Crippen LogP contribution < -0.4 is 4.74 Å². The minimum absolute atomic E-state index is 0.374. The standard InChI is InChI=1S/C23H19BrO4S2/c1-29-21(30(2)25)12-16-4-3-5-19(18-6-8-26-14-18)22(16)28-13-15-10-17-7-9-27-23(17)20(24)11-15/h3-12,14H,13H2,1-2H3/b21-12+. The van der Waals surface area contributed by atoms with Crippen LogP contribution in [0, 0.1) is 0 Å². The van der Waals surface area contributed by atoms with Gasteiger partial charge < -0.3 is 13.6 Å². The molecule has 2 heterocycles. The van der Waals surface area contributed by atoms with Gasteiger partial charge in [-0.2, -0.15) is 0 Å². The highest BCUT2D eigenvalue weighted by molar-refractivity contribution is 9.10. The van der Waals surface area contributed by atoms with E-state index < -0.39 is 10.8 Å². The van der Waals surface area contributed by atoms with Gasteiger partial charge in [-0.05, 0) is 58.1 Å². The van der Waals surface area contributed by atoms with Crippen LogP contribution in [0.1, 0.15) is 11.1 Å². The van der Waals surface area contributed by atoms with E-state index in [0.717, 1.165) is 47.7 Å². The maximum absolute atomic E-state index is 12.1. The third-order valence-corrected chi connectivity index (χ3v) is 7.58. The second-order valence-electron chi connectivity index (χ2n) is 6.56. The number of furan rings is 2. The maximum atomic E-state index is 12.1. The Bertz CT molecular complexity index is 1230. The Morgan fingerprint density at radius 2 is 2.10 bits per heavy atom. The second kappa shape index (κ2) is 9.29. The van der Waals surface area contributed by atoms with E-state index in [4.69, 9.17) is 13.6 Å². The molecule has 0 aliphatic carbocycles. The summed E-state index contributed by atoms with van der Waals surface area (Å²) in [5.74, 6) is 0.722. The first-order valence-electron chi connectivity index (χ1n) is 9.10. The van der Waals surface area contributed by atoms with Crippen molar-refractivity contribution < 1.29 is 17.8 Å². The van der Waals surface area contributed by atoms with E-state index >= 15 is 0 Å². The largest absolute Gasteiger partial charge is 0.488 e. The van der Waals surface area contributed by atoms with Crippen LogP contribution in [0.25, 0.3) is 28.2 Å². The number of ether oxygens (including phenoxy) is 1. The Hall–Kier alpha value is -2.22. The number of para-hydroxylation sites is 1. The highest BCUT2D eigenvalue weighted by Gasteiger charge is 2.14. The summed E-state index contributed by atoms with van der Waals surface area (Å²) in [7, 11) is -1.08. The van der Waals surface area contributed by atoms with Crippen LogP contribution in [-0.4, -0.2) is 16.7 Å². The molecular formula is C23H19BrO4S2. The van der Waals surface area contributed by atoms with Crippen LogP contribution in [0.15, 0.2) is 78.8 Å². The summed E-state index contributed by atoms with van der Waals surface area (Å²) >= 11 is 5.04. The van der Waals surface area contributed by atoms with E-state index in [2.05, 4.69) is 15.9 Å². The lowest BCUT2D eigenvalue weighted by Gasteiger charge is -2.15. The number of halogens is 1. The molecule has 0 aliphatic rings.